The van der Waals surface area contributed by atoms with Gasteiger partial charge in [-0.15, -0.1) is 0 Å². The summed E-state index contributed by atoms with van der Waals surface area (Å²) in [6, 6.07) is 4.93. The van der Waals surface area contributed by atoms with Gasteiger partial charge in [0.2, 0.25) is 5.91 Å². The van der Waals surface area contributed by atoms with E-state index in [0.29, 0.717) is 24.2 Å². The van der Waals surface area contributed by atoms with Crippen LogP contribution in [0.25, 0.3) is 0 Å². The average molecular weight is 380 g/mol. The molecule has 2 heterocycles. The van der Waals surface area contributed by atoms with Crippen molar-refractivity contribution < 1.29 is 14.4 Å². The highest BCUT2D eigenvalue weighted by Gasteiger charge is 2.38. The Hall–Kier alpha value is -1.73. The van der Waals surface area contributed by atoms with Gasteiger partial charge >= 0.3 is 0 Å². The molecule has 1 saturated heterocycles. The number of hydrogen-bond acceptors (Lipinski definition) is 4. The molecule has 3 rings (SSSR count). The summed E-state index contributed by atoms with van der Waals surface area (Å²) in [6.45, 7) is 0.816. The zero-order chi connectivity index (χ0) is 16.6. The number of carbonyl (C=O) groups excluding carboxylic acids is 3. The molecule has 7 heteroatoms. The fourth-order valence-corrected chi connectivity index (χ4v) is 3.57. The number of likely N-dealkylation sites (tertiary alicyclic amines) is 1. The number of amides is 3. The lowest BCUT2D eigenvalue weighted by molar-refractivity contribution is -0.134. The van der Waals surface area contributed by atoms with Gasteiger partial charge in [0.05, 0.1) is 11.1 Å². The Bertz CT molecular complexity index is 677. The number of imide groups is 1. The fraction of sp³-hybridized carbons (Fsp3) is 0.438. The molecule has 1 atom stereocenters. The van der Waals surface area contributed by atoms with Gasteiger partial charge in [-0.2, -0.15) is 0 Å². The Morgan fingerprint density at radius 3 is 2.70 bits per heavy atom. The van der Waals surface area contributed by atoms with E-state index in [0.717, 1.165) is 28.6 Å². The first kappa shape index (κ1) is 16.1. The van der Waals surface area contributed by atoms with Crippen LogP contribution in [0.1, 0.15) is 40.0 Å². The van der Waals surface area contributed by atoms with Crippen LogP contribution < -0.4 is 5.73 Å². The molecule has 1 aromatic carbocycles. The Balaban J connectivity index is 1.77. The normalized spacial score (nSPS) is 20.9. The number of rotatable bonds is 3. The first-order chi connectivity index (χ1) is 11.0. The van der Waals surface area contributed by atoms with Gasteiger partial charge in [-0.05, 0) is 37.5 Å². The average Bonchev–Trinajstić information content (AvgIpc) is 2.79. The van der Waals surface area contributed by atoms with Gasteiger partial charge in [0.1, 0.15) is 6.54 Å². The molecule has 2 aliphatic heterocycles. The number of benzene rings is 1. The largest absolute Gasteiger partial charge is 0.337 e. The number of nitrogens with two attached hydrogens (primary N) is 1. The number of halogens is 1. The summed E-state index contributed by atoms with van der Waals surface area (Å²) in [6.07, 6.45) is 2.85. The Morgan fingerprint density at radius 2 is 1.96 bits per heavy atom. The molecular weight excluding hydrogens is 362 g/mol. The Morgan fingerprint density at radius 1 is 1.22 bits per heavy atom. The molecule has 122 valence electrons. The lowest BCUT2D eigenvalue weighted by Crippen LogP contribution is -2.51. The molecule has 1 unspecified atom stereocenters. The summed E-state index contributed by atoms with van der Waals surface area (Å²) in [5, 5.41) is 0. The van der Waals surface area contributed by atoms with Crippen molar-refractivity contribution in [3.8, 4) is 0 Å². The van der Waals surface area contributed by atoms with Gasteiger partial charge in [0, 0.05) is 23.6 Å². The SMILES string of the molecule is NCC1CCCCN1C(=O)CN1C(=O)c2ccc(Br)cc2C1=O. The summed E-state index contributed by atoms with van der Waals surface area (Å²) < 4.78 is 0.727. The third-order valence-electron chi connectivity index (χ3n) is 4.45. The van der Waals surface area contributed by atoms with Crippen molar-refractivity contribution in [3.05, 3.63) is 33.8 Å². The van der Waals surface area contributed by atoms with Gasteiger partial charge in [-0.25, -0.2) is 0 Å². The zero-order valence-electron chi connectivity index (χ0n) is 12.6. The van der Waals surface area contributed by atoms with Crippen molar-refractivity contribution >= 4 is 33.7 Å². The van der Waals surface area contributed by atoms with Crippen LogP contribution >= 0.6 is 15.9 Å². The quantitative estimate of drug-likeness (QED) is 0.804. The van der Waals surface area contributed by atoms with Gasteiger partial charge in [0.25, 0.3) is 11.8 Å². The van der Waals surface area contributed by atoms with Gasteiger partial charge < -0.3 is 10.6 Å². The van der Waals surface area contributed by atoms with E-state index in [9.17, 15) is 14.4 Å². The minimum atomic E-state index is -0.416. The van der Waals surface area contributed by atoms with Gasteiger partial charge in [0.15, 0.2) is 0 Å². The van der Waals surface area contributed by atoms with Crippen LogP contribution in [-0.4, -0.2) is 53.2 Å². The second-order valence-electron chi connectivity index (χ2n) is 5.86. The highest BCUT2D eigenvalue weighted by Crippen LogP contribution is 2.26. The lowest BCUT2D eigenvalue weighted by atomic mass is 10.0. The van der Waals surface area contributed by atoms with Crippen LogP contribution in [0.15, 0.2) is 22.7 Å². The lowest BCUT2D eigenvalue weighted by Gasteiger charge is -2.35. The topological polar surface area (TPSA) is 83.7 Å². The molecular formula is C16H18BrN3O3. The third-order valence-corrected chi connectivity index (χ3v) is 4.94. The monoisotopic (exact) mass is 379 g/mol. The van der Waals surface area contributed by atoms with Crippen molar-refractivity contribution in [2.75, 3.05) is 19.6 Å². The maximum Gasteiger partial charge on any atom is 0.262 e. The molecule has 0 spiro atoms. The number of hydrogen-bond donors (Lipinski definition) is 1. The number of carbonyl (C=O) groups is 3. The minimum absolute atomic E-state index is 0.000534. The van der Waals surface area contributed by atoms with E-state index in [1.807, 2.05) is 0 Å². The summed E-state index contributed by atoms with van der Waals surface area (Å²) in [4.78, 5) is 40.1. The summed E-state index contributed by atoms with van der Waals surface area (Å²) in [5.74, 6) is -1.04. The number of fused-ring (bicyclic) bond motifs is 1. The first-order valence-corrected chi connectivity index (χ1v) is 8.47. The molecule has 1 aromatic rings. The highest BCUT2D eigenvalue weighted by atomic mass is 79.9. The fourth-order valence-electron chi connectivity index (χ4n) is 3.21. The standard InChI is InChI=1S/C16H18BrN3O3/c17-10-4-5-12-13(7-10)16(23)20(15(12)22)9-14(21)19-6-2-1-3-11(19)8-18/h4-5,7,11H,1-3,6,8-9,18H2. The van der Waals surface area contributed by atoms with E-state index in [1.54, 1.807) is 23.1 Å². The van der Waals surface area contributed by atoms with Crippen LogP contribution in [0.3, 0.4) is 0 Å². The van der Waals surface area contributed by atoms with Crippen LogP contribution in [-0.2, 0) is 4.79 Å². The van der Waals surface area contributed by atoms with E-state index in [4.69, 9.17) is 5.73 Å². The smallest absolute Gasteiger partial charge is 0.262 e. The van der Waals surface area contributed by atoms with Gasteiger partial charge in [-0.3, -0.25) is 19.3 Å². The third kappa shape index (κ3) is 2.90. The maximum absolute atomic E-state index is 12.5. The highest BCUT2D eigenvalue weighted by molar-refractivity contribution is 9.10. The van der Waals surface area contributed by atoms with E-state index < -0.39 is 11.8 Å². The maximum atomic E-state index is 12.5. The van der Waals surface area contributed by atoms with E-state index in [1.165, 1.54) is 0 Å². The van der Waals surface area contributed by atoms with Crippen LogP contribution in [0.5, 0.6) is 0 Å². The van der Waals surface area contributed by atoms with E-state index in [2.05, 4.69) is 15.9 Å². The first-order valence-electron chi connectivity index (χ1n) is 7.68. The molecule has 3 amide bonds. The molecule has 2 aliphatic rings. The summed E-state index contributed by atoms with van der Waals surface area (Å²) in [5.41, 5.74) is 6.42. The number of piperidine rings is 1. The van der Waals surface area contributed by atoms with Crippen molar-refractivity contribution in [1.29, 1.82) is 0 Å². The molecule has 0 bridgehead atoms. The molecule has 0 radical (unpaired) electrons. The zero-order valence-corrected chi connectivity index (χ0v) is 14.2. The molecule has 0 aromatic heterocycles. The van der Waals surface area contributed by atoms with E-state index in [-0.39, 0.29) is 18.5 Å². The Labute approximate surface area is 142 Å². The summed E-state index contributed by atoms with van der Waals surface area (Å²) in [7, 11) is 0. The molecule has 2 N–H and O–H groups in total. The predicted octanol–water partition coefficient (Wildman–Crippen LogP) is 1.38. The second kappa shape index (κ2) is 6.41. The van der Waals surface area contributed by atoms with Crippen molar-refractivity contribution in [1.82, 2.24) is 9.80 Å². The van der Waals surface area contributed by atoms with Crippen molar-refractivity contribution in [3.63, 3.8) is 0 Å². The molecule has 6 nitrogen and oxygen atoms in total. The summed E-state index contributed by atoms with van der Waals surface area (Å²) >= 11 is 3.29. The van der Waals surface area contributed by atoms with E-state index >= 15 is 0 Å². The van der Waals surface area contributed by atoms with Crippen LogP contribution in [0.2, 0.25) is 0 Å². The van der Waals surface area contributed by atoms with Gasteiger partial charge in [-0.1, -0.05) is 15.9 Å². The minimum Gasteiger partial charge on any atom is -0.337 e. The molecule has 23 heavy (non-hydrogen) atoms. The second-order valence-corrected chi connectivity index (χ2v) is 6.77. The predicted molar refractivity (Wildman–Crippen MR) is 87.9 cm³/mol. The number of nitrogens with zero attached hydrogens (tertiary/aromatic N) is 2. The van der Waals surface area contributed by atoms with Crippen molar-refractivity contribution in [2.24, 2.45) is 5.73 Å². The Kier molecular flexibility index (Phi) is 4.50. The molecule has 0 saturated carbocycles. The van der Waals surface area contributed by atoms with Crippen LogP contribution in [0, 0.1) is 0 Å². The molecule has 1 fully saturated rings. The van der Waals surface area contributed by atoms with Crippen LogP contribution in [0.4, 0.5) is 0 Å². The van der Waals surface area contributed by atoms with Crippen molar-refractivity contribution in [2.45, 2.75) is 25.3 Å². The molecule has 0 aliphatic carbocycles.